The second-order valence-electron chi connectivity index (χ2n) is 6.51. The summed E-state index contributed by atoms with van der Waals surface area (Å²) in [5, 5.41) is 7.55. The number of hydrogen-bond acceptors (Lipinski definition) is 6. The van der Waals surface area contributed by atoms with Crippen molar-refractivity contribution in [2.45, 2.75) is 6.92 Å². The average molecular weight is 406 g/mol. The number of esters is 1. The van der Waals surface area contributed by atoms with Crippen molar-refractivity contribution in [3.8, 4) is 0 Å². The number of nitrogens with one attached hydrogen (secondary N) is 1. The molecule has 0 radical (unpaired) electrons. The number of ether oxygens (including phenoxy) is 1. The molecule has 0 unspecified atom stereocenters. The summed E-state index contributed by atoms with van der Waals surface area (Å²) in [7, 11) is 1.67. The lowest BCUT2D eigenvalue weighted by Gasteiger charge is -2.36. The molecule has 1 aromatic carbocycles. The number of halogens is 1. The first-order valence-electron chi connectivity index (χ1n) is 9.20. The summed E-state index contributed by atoms with van der Waals surface area (Å²) < 4.78 is 6.46. The molecule has 0 aliphatic carbocycles. The molecule has 28 heavy (non-hydrogen) atoms. The Hall–Kier alpha value is -2.58. The number of rotatable bonds is 6. The smallest absolute Gasteiger partial charge is 0.343 e. The Kier molecular flexibility index (Phi) is 6.53. The molecule has 1 amide bonds. The Balaban J connectivity index is 1.55. The van der Waals surface area contributed by atoms with Crippen LogP contribution in [0.4, 0.5) is 11.5 Å². The largest absolute Gasteiger partial charge is 0.462 e. The normalized spacial score (nSPS) is 14.8. The van der Waals surface area contributed by atoms with Gasteiger partial charge < -0.3 is 15.0 Å². The summed E-state index contributed by atoms with van der Waals surface area (Å²) in [5.74, 6) is -0.349. The van der Waals surface area contributed by atoms with Gasteiger partial charge in [0.1, 0.15) is 11.4 Å². The van der Waals surface area contributed by atoms with Crippen LogP contribution in [-0.4, -0.2) is 65.9 Å². The summed E-state index contributed by atoms with van der Waals surface area (Å²) >= 11 is 6.27. The molecule has 0 atom stereocenters. The Bertz CT molecular complexity index is 846. The molecule has 150 valence electrons. The van der Waals surface area contributed by atoms with Crippen LogP contribution in [0.5, 0.6) is 0 Å². The number of carbonyl (C=O) groups excluding carboxylic acids is 2. The second-order valence-corrected chi connectivity index (χ2v) is 6.92. The van der Waals surface area contributed by atoms with Gasteiger partial charge in [0.25, 0.3) is 0 Å². The predicted molar refractivity (Wildman–Crippen MR) is 108 cm³/mol. The number of aryl methyl sites for hydroxylation is 1. The highest BCUT2D eigenvalue weighted by Gasteiger charge is 2.23. The van der Waals surface area contributed by atoms with E-state index in [9.17, 15) is 9.59 Å². The predicted octanol–water partition coefficient (Wildman–Crippen LogP) is 2.01. The number of amides is 1. The Morgan fingerprint density at radius 3 is 2.61 bits per heavy atom. The topological polar surface area (TPSA) is 79.7 Å². The number of para-hydroxylation sites is 1. The molecule has 1 aliphatic heterocycles. The zero-order valence-corrected chi connectivity index (χ0v) is 16.8. The Morgan fingerprint density at radius 1 is 1.21 bits per heavy atom. The van der Waals surface area contributed by atoms with Crippen LogP contribution >= 0.6 is 11.6 Å². The molecule has 0 spiro atoms. The molecular formula is C19H24ClN5O3. The van der Waals surface area contributed by atoms with Crippen molar-refractivity contribution in [1.29, 1.82) is 0 Å². The van der Waals surface area contributed by atoms with E-state index in [1.54, 1.807) is 14.0 Å². The van der Waals surface area contributed by atoms with Crippen molar-refractivity contribution in [3.05, 3.63) is 41.0 Å². The number of aromatic nitrogens is 2. The van der Waals surface area contributed by atoms with E-state index < -0.39 is 5.97 Å². The van der Waals surface area contributed by atoms with Gasteiger partial charge in [0.15, 0.2) is 0 Å². The van der Waals surface area contributed by atoms with Crippen molar-refractivity contribution in [2.75, 3.05) is 49.5 Å². The van der Waals surface area contributed by atoms with Gasteiger partial charge in [-0.2, -0.15) is 5.10 Å². The van der Waals surface area contributed by atoms with Gasteiger partial charge >= 0.3 is 5.97 Å². The number of nitrogens with zero attached hydrogens (tertiary/aromatic N) is 4. The minimum Gasteiger partial charge on any atom is -0.462 e. The van der Waals surface area contributed by atoms with Crippen LogP contribution in [0, 0.1) is 0 Å². The standard InChI is InChI=1S/C19H24ClN5O3/c1-3-28-19(27)14-12-21-23(2)18(14)22-17(26)13-24-8-10-25(11-9-24)16-7-5-4-6-15(16)20/h4-7,12H,3,8-11,13H2,1-2H3,(H,22,26). The molecule has 2 aromatic rings. The van der Waals surface area contributed by atoms with Crippen LogP contribution < -0.4 is 10.2 Å². The molecule has 8 nitrogen and oxygen atoms in total. The van der Waals surface area contributed by atoms with Gasteiger partial charge in [-0.25, -0.2) is 4.79 Å². The summed E-state index contributed by atoms with van der Waals surface area (Å²) in [5.41, 5.74) is 1.27. The first-order valence-corrected chi connectivity index (χ1v) is 9.58. The molecule has 0 bridgehead atoms. The van der Waals surface area contributed by atoms with Crippen molar-refractivity contribution in [1.82, 2.24) is 14.7 Å². The molecule has 1 aliphatic rings. The van der Waals surface area contributed by atoms with Crippen molar-refractivity contribution < 1.29 is 14.3 Å². The van der Waals surface area contributed by atoms with E-state index in [1.165, 1.54) is 10.9 Å². The maximum absolute atomic E-state index is 12.5. The SMILES string of the molecule is CCOC(=O)c1cnn(C)c1NC(=O)CN1CCN(c2ccccc2Cl)CC1. The van der Waals surface area contributed by atoms with E-state index in [0.29, 0.717) is 5.82 Å². The first kappa shape index (κ1) is 20.2. The highest BCUT2D eigenvalue weighted by molar-refractivity contribution is 6.33. The number of hydrogen-bond donors (Lipinski definition) is 1. The quantitative estimate of drug-likeness (QED) is 0.740. The van der Waals surface area contributed by atoms with E-state index in [4.69, 9.17) is 16.3 Å². The lowest BCUT2D eigenvalue weighted by Crippen LogP contribution is -2.48. The number of piperazine rings is 1. The lowest BCUT2D eigenvalue weighted by atomic mass is 10.2. The zero-order valence-electron chi connectivity index (χ0n) is 16.0. The van der Waals surface area contributed by atoms with Crippen molar-refractivity contribution >= 4 is 35.0 Å². The van der Waals surface area contributed by atoms with Crippen LogP contribution in [0.25, 0.3) is 0 Å². The lowest BCUT2D eigenvalue weighted by molar-refractivity contribution is -0.117. The third-order valence-corrected chi connectivity index (χ3v) is 4.94. The Morgan fingerprint density at radius 2 is 1.93 bits per heavy atom. The second kappa shape index (κ2) is 9.07. The molecule has 2 heterocycles. The van der Waals surface area contributed by atoms with E-state index in [0.717, 1.165) is 36.9 Å². The molecule has 0 saturated carbocycles. The van der Waals surface area contributed by atoms with E-state index in [1.807, 2.05) is 24.3 Å². The van der Waals surface area contributed by atoms with E-state index in [-0.39, 0.29) is 24.6 Å². The van der Waals surface area contributed by atoms with E-state index in [2.05, 4.69) is 20.2 Å². The van der Waals surface area contributed by atoms with Gasteiger partial charge in [-0.05, 0) is 19.1 Å². The fraction of sp³-hybridized carbons (Fsp3) is 0.421. The molecule has 9 heteroatoms. The molecule has 1 aromatic heterocycles. The highest BCUT2D eigenvalue weighted by Crippen LogP contribution is 2.26. The zero-order chi connectivity index (χ0) is 20.1. The fourth-order valence-electron chi connectivity index (χ4n) is 3.17. The number of anilines is 2. The maximum Gasteiger partial charge on any atom is 0.343 e. The maximum atomic E-state index is 12.5. The summed E-state index contributed by atoms with van der Waals surface area (Å²) in [6.45, 7) is 5.30. The molecular weight excluding hydrogens is 382 g/mol. The van der Waals surface area contributed by atoms with E-state index >= 15 is 0 Å². The van der Waals surface area contributed by atoms with Gasteiger partial charge in [0, 0.05) is 33.2 Å². The van der Waals surface area contributed by atoms with Crippen molar-refractivity contribution in [3.63, 3.8) is 0 Å². The molecule has 1 saturated heterocycles. The van der Waals surface area contributed by atoms with Gasteiger partial charge in [0.05, 0.1) is 30.1 Å². The first-order chi connectivity index (χ1) is 13.5. The van der Waals surface area contributed by atoms with Crippen LogP contribution in [0.2, 0.25) is 5.02 Å². The monoisotopic (exact) mass is 405 g/mol. The minimum absolute atomic E-state index is 0.194. The summed E-state index contributed by atoms with van der Waals surface area (Å²) in [6, 6.07) is 7.77. The summed E-state index contributed by atoms with van der Waals surface area (Å²) in [4.78, 5) is 28.8. The number of carbonyl (C=O) groups is 2. The Labute approximate surface area is 169 Å². The fourth-order valence-corrected chi connectivity index (χ4v) is 3.43. The van der Waals surface area contributed by atoms with Crippen LogP contribution in [0.15, 0.2) is 30.5 Å². The highest BCUT2D eigenvalue weighted by atomic mass is 35.5. The molecule has 1 N–H and O–H groups in total. The van der Waals surface area contributed by atoms with Crippen molar-refractivity contribution in [2.24, 2.45) is 7.05 Å². The number of benzene rings is 1. The average Bonchev–Trinajstić information content (AvgIpc) is 3.03. The molecule has 1 fully saturated rings. The molecule has 3 rings (SSSR count). The van der Waals surface area contributed by atoms with Gasteiger partial charge in [-0.1, -0.05) is 23.7 Å². The summed E-state index contributed by atoms with van der Waals surface area (Å²) in [6.07, 6.45) is 1.40. The van der Waals surface area contributed by atoms with Crippen LogP contribution in [0.3, 0.4) is 0 Å². The van der Waals surface area contributed by atoms with Crippen LogP contribution in [0.1, 0.15) is 17.3 Å². The third kappa shape index (κ3) is 4.63. The van der Waals surface area contributed by atoms with Gasteiger partial charge in [0.2, 0.25) is 5.91 Å². The van der Waals surface area contributed by atoms with Crippen LogP contribution in [-0.2, 0) is 16.6 Å². The van der Waals surface area contributed by atoms with Gasteiger partial charge in [-0.15, -0.1) is 0 Å². The minimum atomic E-state index is -0.501. The third-order valence-electron chi connectivity index (χ3n) is 4.62. The van der Waals surface area contributed by atoms with Gasteiger partial charge in [-0.3, -0.25) is 14.4 Å².